The Labute approximate surface area is 166 Å². The van der Waals surface area contributed by atoms with Crippen molar-refractivity contribution < 1.29 is 9.84 Å². The molecule has 2 aliphatic heterocycles. The average molecular weight is 385 g/mol. The van der Waals surface area contributed by atoms with E-state index in [0.717, 1.165) is 51.3 Å². The summed E-state index contributed by atoms with van der Waals surface area (Å²) >= 11 is 1.88. The predicted molar refractivity (Wildman–Crippen MR) is 110 cm³/mol. The molecule has 0 saturated carbocycles. The van der Waals surface area contributed by atoms with Gasteiger partial charge < -0.3 is 14.7 Å². The normalized spacial score (nSPS) is 20.6. The molecule has 5 heteroatoms. The summed E-state index contributed by atoms with van der Waals surface area (Å²) in [7, 11) is 1.75. The van der Waals surface area contributed by atoms with Gasteiger partial charge in [-0.1, -0.05) is 30.0 Å². The number of aliphatic hydroxyl groups excluding tert-OH is 1. The lowest BCUT2D eigenvalue weighted by Crippen LogP contribution is -2.48. The highest BCUT2D eigenvalue weighted by atomic mass is 32.2. The van der Waals surface area contributed by atoms with Crippen LogP contribution in [-0.2, 0) is 6.42 Å². The zero-order valence-corrected chi connectivity index (χ0v) is 16.8. The van der Waals surface area contributed by atoms with Gasteiger partial charge in [0.1, 0.15) is 5.75 Å². The topological polar surface area (TPSA) is 35.9 Å². The van der Waals surface area contributed by atoms with Crippen LogP contribution in [0.2, 0.25) is 0 Å². The van der Waals surface area contributed by atoms with Crippen LogP contribution < -0.4 is 4.74 Å². The Kier molecular flexibility index (Phi) is 6.03. The van der Waals surface area contributed by atoms with Crippen molar-refractivity contribution in [3.05, 3.63) is 53.6 Å². The fourth-order valence-corrected chi connectivity index (χ4v) is 5.25. The second-order valence-electron chi connectivity index (χ2n) is 7.29. The van der Waals surface area contributed by atoms with Crippen LogP contribution in [0.25, 0.3) is 0 Å². The van der Waals surface area contributed by atoms with Crippen molar-refractivity contribution in [3.63, 3.8) is 0 Å². The van der Waals surface area contributed by atoms with Crippen molar-refractivity contribution >= 4 is 11.8 Å². The Morgan fingerprint density at radius 3 is 2.67 bits per heavy atom. The minimum atomic E-state index is 0.282. The molecule has 0 radical (unpaired) electrons. The predicted octanol–water partition coefficient (Wildman–Crippen LogP) is 3.44. The molecule has 1 atom stereocenters. The molecule has 2 aliphatic rings. The van der Waals surface area contributed by atoms with Crippen LogP contribution in [-0.4, -0.2) is 61.3 Å². The molecule has 0 amide bonds. The van der Waals surface area contributed by atoms with Crippen LogP contribution in [0, 0.1) is 0 Å². The monoisotopic (exact) mass is 384 g/mol. The third-order valence-electron chi connectivity index (χ3n) is 5.66. The van der Waals surface area contributed by atoms with Gasteiger partial charge in [0.05, 0.1) is 7.11 Å². The summed E-state index contributed by atoms with van der Waals surface area (Å²) in [5.41, 5.74) is 2.82. The lowest BCUT2D eigenvalue weighted by Gasteiger charge is -2.39. The van der Waals surface area contributed by atoms with Gasteiger partial charge in [0.2, 0.25) is 0 Å². The number of ether oxygens (including phenoxy) is 1. The molecule has 1 fully saturated rings. The Bertz CT molecular complexity index is 775. The number of benzene rings is 2. The molecular weight excluding hydrogens is 356 g/mol. The molecule has 144 valence electrons. The van der Waals surface area contributed by atoms with Gasteiger partial charge in [-0.25, -0.2) is 0 Å². The van der Waals surface area contributed by atoms with Gasteiger partial charge in [0.25, 0.3) is 0 Å². The van der Waals surface area contributed by atoms with Crippen LogP contribution in [0.3, 0.4) is 0 Å². The molecular formula is C22H28N2O2S. The standard InChI is InChI=1S/C22H28N2O2S/c1-26-18-7-8-22-19(16-18)20(15-17-5-2-3-6-21(17)27-22)24-12-10-23(11-13-24)9-4-14-25/h2-3,5-8,16,20,25H,4,9-15H2,1H3/t20-/m0/s1. The van der Waals surface area contributed by atoms with E-state index in [9.17, 15) is 0 Å². The molecule has 27 heavy (non-hydrogen) atoms. The van der Waals surface area contributed by atoms with Crippen molar-refractivity contribution in [1.82, 2.24) is 9.80 Å². The maximum absolute atomic E-state index is 9.08. The Morgan fingerprint density at radius 2 is 1.89 bits per heavy atom. The first kappa shape index (κ1) is 18.8. The third kappa shape index (κ3) is 4.16. The number of nitrogens with zero attached hydrogens (tertiary/aromatic N) is 2. The van der Waals surface area contributed by atoms with Crippen molar-refractivity contribution in [2.24, 2.45) is 0 Å². The molecule has 0 bridgehead atoms. The lowest BCUT2D eigenvalue weighted by atomic mass is 9.96. The fraction of sp³-hybridized carbons (Fsp3) is 0.455. The van der Waals surface area contributed by atoms with Gasteiger partial charge in [0.15, 0.2) is 0 Å². The Hall–Kier alpha value is -1.53. The average Bonchev–Trinajstić information content (AvgIpc) is 2.88. The number of piperazine rings is 1. The molecule has 0 aromatic heterocycles. The molecule has 0 unspecified atom stereocenters. The van der Waals surface area contributed by atoms with E-state index in [1.807, 2.05) is 11.8 Å². The largest absolute Gasteiger partial charge is 0.497 e. The highest BCUT2D eigenvalue weighted by Gasteiger charge is 2.30. The quantitative estimate of drug-likeness (QED) is 0.854. The van der Waals surface area contributed by atoms with E-state index in [1.54, 1.807) is 7.11 Å². The van der Waals surface area contributed by atoms with Crippen molar-refractivity contribution in [2.45, 2.75) is 28.7 Å². The van der Waals surface area contributed by atoms with E-state index < -0.39 is 0 Å². The summed E-state index contributed by atoms with van der Waals surface area (Å²) < 4.78 is 5.54. The third-order valence-corrected chi connectivity index (χ3v) is 6.87. The zero-order valence-electron chi connectivity index (χ0n) is 15.9. The first-order valence-electron chi connectivity index (χ1n) is 9.79. The van der Waals surface area contributed by atoms with Gasteiger partial charge in [0, 0.05) is 55.2 Å². The van der Waals surface area contributed by atoms with E-state index >= 15 is 0 Å². The van der Waals surface area contributed by atoms with Crippen LogP contribution >= 0.6 is 11.8 Å². The van der Waals surface area contributed by atoms with E-state index in [2.05, 4.69) is 52.3 Å². The van der Waals surface area contributed by atoms with Gasteiger partial charge in [-0.15, -0.1) is 0 Å². The van der Waals surface area contributed by atoms with Gasteiger partial charge in [-0.2, -0.15) is 0 Å². The molecule has 1 N–H and O–H groups in total. The van der Waals surface area contributed by atoms with E-state index in [-0.39, 0.29) is 6.61 Å². The number of methoxy groups -OCH3 is 1. The number of rotatable bonds is 5. The fourth-order valence-electron chi connectivity index (χ4n) is 4.13. The van der Waals surface area contributed by atoms with Crippen LogP contribution in [0.1, 0.15) is 23.6 Å². The van der Waals surface area contributed by atoms with Crippen LogP contribution in [0.4, 0.5) is 0 Å². The first-order valence-corrected chi connectivity index (χ1v) is 10.6. The molecule has 4 rings (SSSR count). The summed E-state index contributed by atoms with van der Waals surface area (Å²) in [6, 6.07) is 15.7. The maximum Gasteiger partial charge on any atom is 0.119 e. The Morgan fingerprint density at radius 1 is 1.07 bits per heavy atom. The molecule has 4 nitrogen and oxygen atoms in total. The molecule has 0 aliphatic carbocycles. The number of fused-ring (bicyclic) bond motifs is 2. The van der Waals surface area contributed by atoms with Crippen LogP contribution in [0.5, 0.6) is 5.75 Å². The highest BCUT2D eigenvalue weighted by molar-refractivity contribution is 7.99. The van der Waals surface area contributed by atoms with Crippen molar-refractivity contribution in [3.8, 4) is 5.75 Å². The van der Waals surface area contributed by atoms with E-state index in [4.69, 9.17) is 9.84 Å². The summed E-state index contributed by atoms with van der Waals surface area (Å²) in [4.78, 5) is 7.82. The Balaban J connectivity index is 1.61. The van der Waals surface area contributed by atoms with Crippen LogP contribution in [0.15, 0.2) is 52.3 Å². The van der Waals surface area contributed by atoms with Gasteiger partial charge >= 0.3 is 0 Å². The number of aliphatic hydroxyl groups is 1. The SMILES string of the molecule is COc1ccc2c(c1)[C@@H](N1CCN(CCCO)CC1)Cc1ccccc1S2. The maximum atomic E-state index is 9.08. The van der Waals surface area contributed by atoms with Gasteiger partial charge in [-0.3, -0.25) is 4.90 Å². The van der Waals surface area contributed by atoms with E-state index in [0.29, 0.717) is 6.04 Å². The molecule has 1 saturated heterocycles. The minimum Gasteiger partial charge on any atom is -0.497 e. The van der Waals surface area contributed by atoms with E-state index in [1.165, 1.54) is 20.9 Å². The summed E-state index contributed by atoms with van der Waals surface area (Å²) in [5.74, 6) is 0.937. The molecule has 0 spiro atoms. The van der Waals surface area contributed by atoms with Crippen molar-refractivity contribution in [2.75, 3.05) is 46.4 Å². The summed E-state index contributed by atoms with van der Waals surface area (Å²) in [6.07, 6.45) is 1.91. The van der Waals surface area contributed by atoms with Gasteiger partial charge in [-0.05, 0) is 48.2 Å². The summed E-state index contributed by atoms with van der Waals surface area (Å²) in [5, 5.41) is 9.08. The van der Waals surface area contributed by atoms with Crippen molar-refractivity contribution in [1.29, 1.82) is 0 Å². The lowest BCUT2D eigenvalue weighted by molar-refractivity contribution is 0.0898. The highest BCUT2D eigenvalue weighted by Crippen LogP contribution is 2.44. The molecule has 2 heterocycles. The molecule has 2 aromatic carbocycles. The number of hydrogen-bond acceptors (Lipinski definition) is 5. The minimum absolute atomic E-state index is 0.282. The molecule has 2 aromatic rings. The smallest absolute Gasteiger partial charge is 0.119 e. The zero-order chi connectivity index (χ0) is 18.6. The first-order chi connectivity index (χ1) is 13.3. The number of hydrogen-bond donors (Lipinski definition) is 1. The second kappa shape index (κ2) is 8.65. The summed E-state index contributed by atoms with van der Waals surface area (Å²) in [6.45, 7) is 5.57. The second-order valence-corrected chi connectivity index (χ2v) is 8.37.